The van der Waals surface area contributed by atoms with Gasteiger partial charge in [-0.15, -0.1) is 0 Å². The molecule has 0 atom stereocenters. The van der Waals surface area contributed by atoms with Crippen molar-refractivity contribution in [1.29, 1.82) is 0 Å². The predicted molar refractivity (Wildman–Crippen MR) is 105 cm³/mol. The number of thioether (sulfide) groups is 1. The van der Waals surface area contributed by atoms with Crippen LogP contribution < -0.4 is 4.90 Å². The molecule has 5 nitrogen and oxygen atoms in total. The molecule has 4 rings (SSSR count). The minimum atomic E-state index is -0.418. The van der Waals surface area contributed by atoms with Crippen molar-refractivity contribution in [3.8, 4) is 0 Å². The van der Waals surface area contributed by atoms with E-state index in [1.807, 2.05) is 36.1 Å². The van der Waals surface area contributed by atoms with E-state index in [4.69, 9.17) is 4.74 Å². The van der Waals surface area contributed by atoms with E-state index in [2.05, 4.69) is 0 Å². The molecule has 2 aliphatic heterocycles. The van der Waals surface area contributed by atoms with Crippen LogP contribution in [0.1, 0.15) is 5.56 Å². The second-order valence-corrected chi connectivity index (χ2v) is 7.70. The van der Waals surface area contributed by atoms with E-state index >= 15 is 0 Å². The molecule has 2 aromatic rings. The quantitative estimate of drug-likeness (QED) is 0.740. The van der Waals surface area contributed by atoms with Gasteiger partial charge in [-0.05, 0) is 43.3 Å². The average molecular weight is 398 g/mol. The van der Waals surface area contributed by atoms with Crippen LogP contribution in [0, 0.1) is 12.7 Å². The standard InChI is InChI=1S/C21H19FN2O3S/c1-14-2-8-17(9-3-14)28-19-18(23-10-12-27-13-11-23)20(25)24(21(19)26)16-6-4-15(22)5-7-16/h2-9H,10-13H2,1H3. The third-order valence-corrected chi connectivity index (χ3v) is 5.75. The molecule has 2 aromatic carbocycles. The number of hydrogen-bond donors (Lipinski definition) is 0. The van der Waals surface area contributed by atoms with Crippen LogP contribution in [-0.4, -0.2) is 43.0 Å². The summed E-state index contributed by atoms with van der Waals surface area (Å²) in [6.07, 6.45) is 0. The molecule has 0 saturated carbocycles. The Hall–Kier alpha value is -2.64. The minimum Gasteiger partial charge on any atom is -0.378 e. The third-order valence-electron chi connectivity index (χ3n) is 4.67. The van der Waals surface area contributed by atoms with Gasteiger partial charge in [-0.3, -0.25) is 9.59 Å². The second kappa shape index (κ2) is 7.77. The molecule has 0 radical (unpaired) electrons. The van der Waals surface area contributed by atoms with Crippen molar-refractivity contribution < 1.29 is 18.7 Å². The van der Waals surface area contributed by atoms with Crippen LogP contribution in [0.4, 0.5) is 10.1 Å². The van der Waals surface area contributed by atoms with Gasteiger partial charge in [0.2, 0.25) is 0 Å². The number of morpholine rings is 1. The first-order valence-electron chi connectivity index (χ1n) is 9.00. The zero-order valence-corrected chi connectivity index (χ0v) is 16.2. The molecule has 2 amide bonds. The van der Waals surface area contributed by atoms with Gasteiger partial charge in [-0.25, -0.2) is 9.29 Å². The van der Waals surface area contributed by atoms with Crippen molar-refractivity contribution in [3.05, 3.63) is 70.5 Å². The number of carbonyl (C=O) groups is 2. The predicted octanol–water partition coefficient (Wildman–Crippen LogP) is 3.34. The smallest absolute Gasteiger partial charge is 0.283 e. The highest BCUT2D eigenvalue weighted by atomic mass is 32.2. The van der Waals surface area contributed by atoms with Crippen molar-refractivity contribution in [3.63, 3.8) is 0 Å². The van der Waals surface area contributed by atoms with Crippen LogP contribution in [0.15, 0.2) is 64.0 Å². The lowest BCUT2D eigenvalue weighted by Gasteiger charge is -2.29. The molecule has 0 spiro atoms. The van der Waals surface area contributed by atoms with Gasteiger partial charge >= 0.3 is 0 Å². The summed E-state index contributed by atoms with van der Waals surface area (Å²) in [6.45, 7) is 4.09. The summed E-state index contributed by atoms with van der Waals surface area (Å²) in [5.74, 6) is -1.18. The summed E-state index contributed by atoms with van der Waals surface area (Å²) in [4.78, 5) is 30.7. The summed E-state index contributed by atoms with van der Waals surface area (Å²) < 4.78 is 18.7. The second-order valence-electron chi connectivity index (χ2n) is 6.61. The number of hydrogen-bond acceptors (Lipinski definition) is 5. The Bertz CT molecular complexity index is 935. The van der Waals surface area contributed by atoms with E-state index in [0.29, 0.717) is 42.6 Å². The van der Waals surface area contributed by atoms with Gasteiger partial charge in [0.1, 0.15) is 16.4 Å². The number of amides is 2. The Balaban J connectivity index is 1.72. The molecule has 1 fully saturated rings. The van der Waals surface area contributed by atoms with E-state index < -0.39 is 5.82 Å². The van der Waals surface area contributed by atoms with Crippen molar-refractivity contribution in [2.75, 3.05) is 31.2 Å². The van der Waals surface area contributed by atoms with Gasteiger partial charge in [0, 0.05) is 18.0 Å². The summed E-state index contributed by atoms with van der Waals surface area (Å²) >= 11 is 1.29. The highest BCUT2D eigenvalue weighted by Crippen LogP contribution is 2.39. The Morgan fingerprint density at radius 3 is 2.21 bits per heavy atom. The molecule has 0 bridgehead atoms. The largest absolute Gasteiger partial charge is 0.378 e. The number of carbonyl (C=O) groups excluding carboxylic acids is 2. The molecule has 7 heteroatoms. The van der Waals surface area contributed by atoms with Crippen molar-refractivity contribution >= 4 is 29.3 Å². The molecule has 0 aromatic heterocycles. The fourth-order valence-corrected chi connectivity index (χ4v) is 4.20. The monoisotopic (exact) mass is 398 g/mol. The lowest BCUT2D eigenvalue weighted by molar-refractivity contribution is -0.121. The number of ether oxygens (including phenoxy) is 1. The Morgan fingerprint density at radius 2 is 1.57 bits per heavy atom. The van der Waals surface area contributed by atoms with E-state index in [1.165, 1.54) is 36.0 Å². The van der Waals surface area contributed by atoms with Gasteiger partial charge in [-0.2, -0.15) is 0 Å². The van der Waals surface area contributed by atoms with E-state index in [0.717, 1.165) is 15.4 Å². The minimum absolute atomic E-state index is 0.363. The molecular formula is C21H19FN2O3S. The van der Waals surface area contributed by atoms with Gasteiger partial charge in [-0.1, -0.05) is 29.5 Å². The molecule has 2 heterocycles. The fourth-order valence-electron chi connectivity index (χ4n) is 3.20. The number of anilines is 1. The zero-order chi connectivity index (χ0) is 19.7. The molecule has 28 heavy (non-hydrogen) atoms. The first-order chi connectivity index (χ1) is 13.5. The number of aryl methyl sites for hydroxylation is 1. The number of halogens is 1. The van der Waals surface area contributed by atoms with E-state index in [9.17, 15) is 14.0 Å². The van der Waals surface area contributed by atoms with E-state index in [1.54, 1.807) is 0 Å². The maximum Gasteiger partial charge on any atom is 0.283 e. The van der Waals surface area contributed by atoms with Crippen LogP contribution >= 0.6 is 11.8 Å². The van der Waals surface area contributed by atoms with Crippen LogP contribution in [-0.2, 0) is 14.3 Å². The first kappa shape index (κ1) is 18.7. The molecular weight excluding hydrogens is 379 g/mol. The van der Waals surface area contributed by atoms with Crippen LogP contribution in [0.5, 0.6) is 0 Å². The summed E-state index contributed by atoms with van der Waals surface area (Å²) in [6, 6.07) is 13.2. The molecule has 144 valence electrons. The normalized spacial score (nSPS) is 17.6. The maximum absolute atomic E-state index is 13.3. The van der Waals surface area contributed by atoms with Gasteiger partial charge in [0.15, 0.2) is 0 Å². The Kier molecular flexibility index (Phi) is 5.19. The van der Waals surface area contributed by atoms with Crippen LogP contribution in [0.2, 0.25) is 0 Å². The average Bonchev–Trinajstić information content (AvgIpc) is 2.95. The number of rotatable bonds is 4. The molecule has 2 aliphatic rings. The van der Waals surface area contributed by atoms with E-state index in [-0.39, 0.29) is 11.8 Å². The first-order valence-corrected chi connectivity index (χ1v) is 9.82. The van der Waals surface area contributed by atoms with Gasteiger partial charge in [0.25, 0.3) is 11.8 Å². The summed E-state index contributed by atoms with van der Waals surface area (Å²) in [5.41, 5.74) is 1.87. The SMILES string of the molecule is Cc1ccc(SC2=C(N3CCOCC3)C(=O)N(c3ccc(F)cc3)C2=O)cc1. The third kappa shape index (κ3) is 3.55. The molecule has 0 unspecified atom stereocenters. The van der Waals surface area contributed by atoms with Gasteiger partial charge < -0.3 is 9.64 Å². The number of imide groups is 1. The topological polar surface area (TPSA) is 49.9 Å². The van der Waals surface area contributed by atoms with Crippen LogP contribution in [0.25, 0.3) is 0 Å². The van der Waals surface area contributed by atoms with Crippen molar-refractivity contribution in [2.24, 2.45) is 0 Å². The highest BCUT2D eigenvalue weighted by Gasteiger charge is 2.42. The zero-order valence-electron chi connectivity index (χ0n) is 15.4. The lowest BCUT2D eigenvalue weighted by atomic mass is 10.2. The Morgan fingerprint density at radius 1 is 0.929 bits per heavy atom. The molecule has 0 N–H and O–H groups in total. The van der Waals surface area contributed by atoms with Crippen molar-refractivity contribution in [1.82, 2.24) is 4.90 Å². The molecule has 0 aliphatic carbocycles. The Labute approximate surface area is 166 Å². The highest BCUT2D eigenvalue weighted by molar-refractivity contribution is 8.04. The van der Waals surface area contributed by atoms with Gasteiger partial charge in [0.05, 0.1) is 18.9 Å². The number of nitrogens with zero attached hydrogens (tertiary/aromatic N) is 2. The maximum atomic E-state index is 13.3. The number of benzene rings is 2. The fraction of sp³-hybridized carbons (Fsp3) is 0.238. The van der Waals surface area contributed by atoms with Crippen molar-refractivity contribution in [2.45, 2.75) is 11.8 Å². The summed E-state index contributed by atoms with van der Waals surface area (Å²) in [7, 11) is 0. The lowest BCUT2D eigenvalue weighted by Crippen LogP contribution is -2.40. The summed E-state index contributed by atoms with van der Waals surface area (Å²) in [5, 5.41) is 0. The molecule has 1 saturated heterocycles. The van der Waals surface area contributed by atoms with Crippen LogP contribution in [0.3, 0.4) is 0 Å².